The third-order valence-electron chi connectivity index (χ3n) is 2.78. The van der Waals surface area contributed by atoms with Crippen LogP contribution in [0.3, 0.4) is 0 Å². The highest BCUT2D eigenvalue weighted by molar-refractivity contribution is 6.42. The third kappa shape index (κ3) is 3.27. The molecular weight excluding hydrogens is 245 g/mol. The van der Waals surface area contributed by atoms with E-state index in [-0.39, 0.29) is 0 Å². The van der Waals surface area contributed by atoms with Crippen LogP contribution in [-0.2, 0) is 0 Å². The van der Waals surface area contributed by atoms with Gasteiger partial charge in [0.2, 0.25) is 0 Å². The van der Waals surface area contributed by atoms with Crippen molar-refractivity contribution in [3.63, 3.8) is 0 Å². The van der Waals surface area contributed by atoms with Crippen molar-refractivity contribution in [1.29, 1.82) is 0 Å². The predicted molar refractivity (Wildman–Crippen MR) is 67.6 cm³/mol. The summed E-state index contributed by atoms with van der Waals surface area (Å²) in [6.45, 7) is 2.91. The minimum absolute atomic E-state index is 0.543. The van der Waals surface area contributed by atoms with E-state index < -0.39 is 0 Å². The van der Waals surface area contributed by atoms with Crippen molar-refractivity contribution < 1.29 is 4.74 Å². The topological polar surface area (TPSA) is 21.3 Å². The average molecular weight is 260 g/mol. The molecule has 1 aromatic carbocycles. The van der Waals surface area contributed by atoms with Crippen LogP contribution in [0.25, 0.3) is 0 Å². The summed E-state index contributed by atoms with van der Waals surface area (Å²) < 4.78 is 5.70. The molecule has 0 spiro atoms. The fraction of sp³-hybridized carbons (Fsp3) is 0.500. The van der Waals surface area contributed by atoms with E-state index in [1.165, 1.54) is 12.8 Å². The van der Waals surface area contributed by atoms with E-state index in [4.69, 9.17) is 27.9 Å². The van der Waals surface area contributed by atoms with E-state index in [1.54, 1.807) is 12.1 Å². The number of piperidine rings is 1. The van der Waals surface area contributed by atoms with Gasteiger partial charge in [-0.1, -0.05) is 23.2 Å². The number of halogens is 2. The first kappa shape index (κ1) is 12.0. The standard InChI is InChI=1S/C12H15Cl2NO/c13-11-4-3-10(6-12(11)14)16-8-9-2-1-5-15-7-9/h3-4,6,9,15H,1-2,5,7-8H2. The first-order valence-electron chi connectivity index (χ1n) is 5.54. The summed E-state index contributed by atoms with van der Waals surface area (Å²) in [5.74, 6) is 1.39. The van der Waals surface area contributed by atoms with Gasteiger partial charge in [-0.15, -0.1) is 0 Å². The largest absolute Gasteiger partial charge is 0.493 e. The number of rotatable bonds is 3. The van der Waals surface area contributed by atoms with E-state index in [0.717, 1.165) is 25.4 Å². The fourth-order valence-corrected chi connectivity index (χ4v) is 2.14. The summed E-state index contributed by atoms with van der Waals surface area (Å²) in [4.78, 5) is 0. The molecule has 0 radical (unpaired) electrons. The van der Waals surface area contributed by atoms with Crippen molar-refractivity contribution in [1.82, 2.24) is 5.32 Å². The van der Waals surface area contributed by atoms with Gasteiger partial charge in [0.1, 0.15) is 5.75 Å². The molecule has 0 aliphatic carbocycles. The zero-order valence-corrected chi connectivity index (χ0v) is 10.5. The Kier molecular flexibility index (Phi) is 4.33. The van der Waals surface area contributed by atoms with Gasteiger partial charge in [-0.25, -0.2) is 0 Å². The summed E-state index contributed by atoms with van der Waals surface area (Å²) in [7, 11) is 0. The van der Waals surface area contributed by atoms with Crippen LogP contribution in [0.1, 0.15) is 12.8 Å². The van der Waals surface area contributed by atoms with Gasteiger partial charge in [-0.05, 0) is 31.5 Å². The van der Waals surface area contributed by atoms with Gasteiger partial charge in [-0.2, -0.15) is 0 Å². The summed E-state index contributed by atoms with van der Waals surface area (Å²) in [6, 6.07) is 5.38. The van der Waals surface area contributed by atoms with Crippen LogP contribution < -0.4 is 10.1 Å². The van der Waals surface area contributed by atoms with Crippen LogP contribution in [-0.4, -0.2) is 19.7 Å². The van der Waals surface area contributed by atoms with E-state index in [2.05, 4.69) is 5.32 Å². The van der Waals surface area contributed by atoms with Crippen LogP contribution >= 0.6 is 23.2 Å². The van der Waals surface area contributed by atoms with Gasteiger partial charge in [0, 0.05) is 18.5 Å². The molecule has 88 valence electrons. The van der Waals surface area contributed by atoms with Crippen LogP contribution in [0.2, 0.25) is 10.0 Å². The Morgan fingerprint density at radius 2 is 2.19 bits per heavy atom. The first-order valence-corrected chi connectivity index (χ1v) is 6.30. The van der Waals surface area contributed by atoms with Gasteiger partial charge in [0.05, 0.1) is 16.7 Å². The summed E-state index contributed by atoms with van der Waals surface area (Å²) in [5.41, 5.74) is 0. The second kappa shape index (κ2) is 5.76. The molecule has 1 fully saturated rings. The van der Waals surface area contributed by atoms with E-state index in [9.17, 15) is 0 Å². The second-order valence-electron chi connectivity index (χ2n) is 4.10. The quantitative estimate of drug-likeness (QED) is 0.899. The first-order chi connectivity index (χ1) is 7.75. The highest BCUT2D eigenvalue weighted by atomic mass is 35.5. The maximum absolute atomic E-state index is 5.91. The normalized spacial score (nSPS) is 20.8. The summed E-state index contributed by atoms with van der Waals surface area (Å²) >= 11 is 11.7. The number of nitrogens with one attached hydrogen (secondary N) is 1. The maximum atomic E-state index is 5.91. The van der Waals surface area contributed by atoms with E-state index >= 15 is 0 Å². The molecular formula is C12H15Cl2NO. The minimum Gasteiger partial charge on any atom is -0.493 e. The molecule has 0 aromatic heterocycles. The van der Waals surface area contributed by atoms with Gasteiger partial charge < -0.3 is 10.1 Å². The molecule has 1 saturated heterocycles. The Bertz CT molecular complexity index is 351. The molecule has 0 saturated carbocycles. The van der Waals surface area contributed by atoms with Gasteiger partial charge in [-0.3, -0.25) is 0 Å². The minimum atomic E-state index is 0.543. The Labute approximate surface area is 106 Å². The molecule has 16 heavy (non-hydrogen) atoms. The van der Waals surface area contributed by atoms with Crippen LogP contribution in [0.15, 0.2) is 18.2 Å². The number of hydrogen-bond donors (Lipinski definition) is 1. The van der Waals surface area contributed by atoms with Crippen molar-refractivity contribution >= 4 is 23.2 Å². The monoisotopic (exact) mass is 259 g/mol. The number of benzene rings is 1. The van der Waals surface area contributed by atoms with Crippen molar-refractivity contribution in [2.24, 2.45) is 5.92 Å². The molecule has 2 rings (SSSR count). The molecule has 0 amide bonds. The number of hydrogen-bond acceptors (Lipinski definition) is 2. The maximum Gasteiger partial charge on any atom is 0.120 e. The van der Waals surface area contributed by atoms with Crippen molar-refractivity contribution in [2.45, 2.75) is 12.8 Å². The Balaban J connectivity index is 1.86. The van der Waals surface area contributed by atoms with Crippen molar-refractivity contribution in [3.05, 3.63) is 28.2 Å². The van der Waals surface area contributed by atoms with E-state index in [1.807, 2.05) is 6.07 Å². The molecule has 1 aromatic rings. The van der Waals surface area contributed by atoms with Crippen LogP contribution in [0, 0.1) is 5.92 Å². The molecule has 1 heterocycles. The highest BCUT2D eigenvalue weighted by Crippen LogP contribution is 2.26. The molecule has 1 N–H and O–H groups in total. The Hall–Kier alpha value is -0.440. The Morgan fingerprint density at radius 3 is 2.88 bits per heavy atom. The van der Waals surface area contributed by atoms with Crippen LogP contribution in [0.5, 0.6) is 5.75 Å². The smallest absolute Gasteiger partial charge is 0.120 e. The molecule has 0 bridgehead atoms. The molecule has 4 heteroatoms. The zero-order valence-electron chi connectivity index (χ0n) is 9.01. The fourth-order valence-electron chi connectivity index (χ4n) is 1.85. The lowest BCUT2D eigenvalue weighted by molar-refractivity contribution is 0.218. The van der Waals surface area contributed by atoms with Gasteiger partial charge in [0.25, 0.3) is 0 Å². The molecule has 1 aliphatic rings. The predicted octanol–water partition coefficient (Wildman–Crippen LogP) is 3.37. The van der Waals surface area contributed by atoms with Crippen LogP contribution in [0.4, 0.5) is 0 Å². The number of ether oxygens (including phenoxy) is 1. The second-order valence-corrected chi connectivity index (χ2v) is 4.91. The zero-order chi connectivity index (χ0) is 11.4. The Morgan fingerprint density at radius 1 is 1.31 bits per heavy atom. The molecule has 2 nitrogen and oxygen atoms in total. The lowest BCUT2D eigenvalue weighted by Crippen LogP contribution is -2.33. The average Bonchev–Trinajstić information content (AvgIpc) is 2.32. The van der Waals surface area contributed by atoms with E-state index in [0.29, 0.717) is 16.0 Å². The van der Waals surface area contributed by atoms with Crippen molar-refractivity contribution in [2.75, 3.05) is 19.7 Å². The third-order valence-corrected chi connectivity index (χ3v) is 3.51. The van der Waals surface area contributed by atoms with Gasteiger partial charge >= 0.3 is 0 Å². The van der Waals surface area contributed by atoms with Crippen molar-refractivity contribution in [3.8, 4) is 5.75 Å². The highest BCUT2D eigenvalue weighted by Gasteiger charge is 2.13. The SMILES string of the molecule is Clc1ccc(OCC2CCCNC2)cc1Cl. The molecule has 1 atom stereocenters. The molecule has 1 unspecified atom stereocenters. The lowest BCUT2D eigenvalue weighted by Gasteiger charge is -2.22. The molecule has 1 aliphatic heterocycles. The summed E-state index contributed by atoms with van der Waals surface area (Å²) in [6.07, 6.45) is 2.46. The van der Waals surface area contributed by atoms with Gasteiger partial charge in [0.15, 0.2) is 0 Å². The summed E-state index contributed by atoms with van der Waals surface area (Å²) in [5, 5.41) is 4.47. The lowest BCUT2D eigenvalue weighted by atomic mass is 10.0.